The standard InChI is InChI=1S/C17H26N2O4/c1-17(2)10-19(9-8-13(17)18)16(20)11-6-7-12(21-3)15(23-5)14(11)22-4/h6-7,13H,8-10,18H2,1-5H3. The van der Waals surface area contributed by atoms with Crippen molar-refractivity contribution in [1.29, 1.82) is 0 Å². The molecule has 2 N–H and O–H groups in total. The number of nitrogens with zero attached hydrogens (tertiary/aromatic N) is 1. The predicted octanol–water partition coefficient (Wildman–Crippen LogP) is 1.91. The van der Waals surface area contributed by atoms with Gasteiger partial charge in [0.25, 0.3) is 5.91 Å². The molecule has 0 saturated carbocycles. The molecule has 1 aliphatic heterocycles. The molecule has 1 fully saturated rings. The summed E-state index contributed by atoms with van der Waals surface area (Å²) in [4.78, 5) is 14.8. The van der Waals surface area contributed by atoms with E-state index >= 15 is 0 Å². The molecule has 1 saturated heterocycles. The highest BCUT2D eigenvalue weighted by atomic mass is 16.5. The second-order valence-corrected chi connectivity index (χ2v) is 6.49. The lowest BCUT2D eigenvalue weighted by molar-refractivity contribution is 0.0529. The van der Waals surface area contributed by atoms with E-state index in [1.54, 1.807) is 19.2 Å². The van der Waals surface area contributed by atoms with Crippen LogP contribution in [0.25, 0.3) is 0 Å². The second kappa shape index (κ2) is 6.66. The molecule has 1 atom stereocenters. The summed E-state index contributed by atoms with van der Waals surface area (Å²) in [7, 11) is 4.59. The number of rotatable bonds is 4. The van der Waals surface area contributed by atoms with Crippen molar-refractivity contribution in [2.75, 3.05) is 34.4 Å². The van der Waals surface area contributed by atoms with Crippen molar-refractivity contribution in [2.45, 2.75) is 26.3 Å². The average Bonchev–Trinajstić information content (AvgIpc) is 2.54. The zero-order valence-electron chi connectivity index (χ0n) is 14.5. The Bertz CT molecular complexity index is 586. The molecule has 1 amide bonds. The van der Waals surface area contributed by atoms with Crippen LogP contribution >= 0.6 is 0 Å². The van der Waals surface area contributed by atoms with Crippen molar-refractivity contribution in [2.24, 2.45) is 11.1 Å². The zero-order valence-corrected chi connectivity index (χ0v) is 14.5. The van der Waals surface area contributed by atoms with Gasteiger partial charge in [0.15, 0.2) is 11.5 Å². The molecule has 128 valence electrons. The first kappa shape index (κ1) is 17.4. The molecule has 0 aromatic heterocycles. The number of piperidine rings is 1. The average molecular weight is 322 g/mol. The lowest BCUT2D eigenvalue weighted by Crippen LogP contribution is -2.54. The summed E-state index contributed by atoms with van der Waals surface area (Å²) < 4.78 is 16.0. The lowest BCUT2D eigenvalue weighted by atomic mass is 9.79. The number of amides is 1. The Morgan fingerprint density at radius 2 is 1.83 bits per heavy atom. The van der Waals surface area contributed by atoms with Crippen LogP contribution in [-0.2, 0) is 0 Å². The van der Waals surface area contributed by atoms with Gasteiger partial charge in [0.05, 0.1) is 26.9 Å². The number of carbonyl (C=O) groups excluding carboxylic acids is 1. The maximum atomic E-state index is 13.0. The first-order valence-electron chi connectivity index (χ1n) is 7.69. The van der Waals surface area contributed by atoms with E-state index in [-0.39, 0.29) is 17.4 Å². The summed E-state index contributed by atoms with van der Waals surface area (Å²) in [5.74, 6) is 1.27. The molecular weight excluding hydrogens is 296 g/mol. The van der Waals surface area contributed by atoms with Gasteiger partial charge in [-0.15, -0.1) is 0 Å². The summed E-state index contributed by atoms with van der Waals surface area (Å²) in [6.07, 6.45) is 0.786. The Kier molecular flexibility index (Phi) is 5.04. The minimum Gasteiger partial charge on any atom is -0.493 e. The fourth-order valence-electron chi connectivity index (χ4n) is 2.99. The van der Waals surface area contributed by atoms with Gasteiger partial charge in [-0.2, -0.15) is 0 Å². The van der Waals surface area contributed by atoms with Crippen molar-refractivity contribution in [3.63, 3.8) is 0 Å². The van der Waals surface area contributed by atoms with Crippen LogP contribution < -0.4 is 19.9 Å². The van der Waals surface area contributed by atoms with Gasteiger partial charge in [0, 0.05) is 19.1 Å². The fraction of sp³-hybridized carbons (Fsp3) is 0.588. The van der Waals surface area contributed by atoms with Gasteiger partial charge in [-0.3, -0.25) is 4.79 Å². The molecule has 0 bridgehead atoms. The number of nitrogens with two attached hydrogens (primary N) is 1. The number of methoxy groups -OCH3 is 3. The fourth-order valence-corrected chi connectivity index (χ4v) is 2.99. The molecule has 1 aromatic rings. The molecule has 0 spiro atoms. The van der Waals surface area contributed by atoms with Crippen LogP contribution in [0.1, 0.15) is 30.6 Å². The summed E-state index contributed by atoms with van der Waals surface area (Å²) in [6.45, 7) is 5.43. The quantitative estimate of drug-likeness (QED) is 0.916. The Morgan fingerprint density at radius 1 is 1.17 bits per heavy atom. The Labute approximate surface area is 137 Å². The number of hydrogen-bond donors (Lipinski definition) is 1. The van der Waals surface area contributed by atoms with Crippen LogP contribution in [0.2, 0.25) is 0 Å². The largest absolute Gasteiger partial charge is 0.493 e. The van der Waals surface area contributed by atoms with Crippen molar-refractivity contribution in [3.05, 3.63) is 17.7 Å². The Hall–Kier alpha value is -1.95. The van der Waals surface area contributed by atoms with Crippen molar-refractivity contribution >= 4 is 5.91 Å². The minimum atomic E-state index is -0.113. The van der Waals surface area contributed by atoms with Gasteiger partial charge in [-0.1, -0.05) is 13.8 Å². The first-order valence-corrected chi connectivity index (χ1v) is 7.69. The number of likely N-dealkylation sites (tertiary alicyclic amines) is 1. The summed E-state index contributed by atoms with van der Waals surface area (Å²) in [5, 5.41) is 0. The van der Waals surface area contributed by atoms with Gasteiger partial charge in [-0.05, 0) is 24.0 Å². The van der Waals surface area contributed by atoms with Gasteiger partial charge >= 0.3 is 0 Å². The van der Waals surface area contributed by atoms with E-state index in [4.69, 9.17) is 19.9 Å². The normalized spacial score (nSPS) is 20.1. The Morgan fingerprint density at radius 3 is 2.35 bits per heavy atom. The highest BCUT2D eigenvalue weighted by Gasteiger charge is 2.36. The van der Waals surface area contributed by atoms with Gasteiger partial charge in [0.2, 0.25) is 5.75 Å². The topological polar surface area (TPSA) is 74.0 Å². The Balaban J connectivity index is 2.36. The van der Waals surface area contributed by atoms with Crippen LogP contribution in [0.15, 0.2) is 12.1 Å². The third-order valence-corrected chi connectivity index (χ3v) is 4.53. The van der Waals surface area contributed by atoms with Crippen molar-refractivity contribution in [3.8, 4) is 17.2 Å². The lowest BCUT2D eigenvalue weighted by Gasteiger charge is -2.42. The van der Waals surface area contributed by atoms with E-state index < -0.39 is 0 Å². The summed E-state index contributed by atoms with van der Waals surface area (Å²) >= 11 is 0. The number of carbonyl (C=O) groups is 1. The van der Waals surface area contributed by atoms with Crippen molar-refractivity contribution in [1.82, 2.24) is 4.90 Å². The predicted molar refractivity (Wildman–Crippen MR) is 88.4 cm³/mol. The van der Waals surface area contributed by atoms with Crippen LogP contribution in [-0.4, -0.2) is 51.3 Å². The van der Waals surface area contributed by atoms with E-state index in [1.165, 1.54) is 14.2 Å². The van der Waals surface area contributed by atoms with Gasteiger partial charge in [0.1, 0.15) is 0 Å². The first-order chi connectivity index (χ1) is 10.9. The minimum absolute atomic E-state index is 0.0808. The monoisotopic (exact) mass is 322 g/mol. The van der Waals surface area contributed by atoms with Gasteiger partial charge < -0.3 is 24.8 Å². The summed E-state index contributed by atoms with van der Waals surface area (Å²) in [6, 6.07) is 3.53. The highest BCUT2D eigenvalue weighted by molar-refractivity contribution is 5.98. The molecule has 1 unspecified atom stereocenters. The van der Waals surface area contributed by atoms with E-state index in [1.807, 2.05) is 4.90 Å². The summed E-state index contributed by atoms with van der Waals surface area (Å²) in [5.41, 5.74) is 6.51. The van der Waals surface area contributed by atoms with Crippen LogP contribution in [0.5, 0.6) is 17.2 Å². The van der Waals surface area contributed by atoms with Crippen LogP contribution in [0, 0.1) is 5.41 Å². The van der Waals surface area contributed by atoms with Gasteiger partial charge in [-0.25, -0.2) is 0 Å². The van der Waals surface area contributed by atoms with Crippen LogP contribution in [0.3, 0.4) is 0 Å². The highest BCUT2D eigenvalue weighted by Crippen LogP contribution is 2.40. The van der Waals surface area contributed by atoms with E-state index in [2.05, 4.69) is 13.8 Å². The molecule has 1 aliphatic rings. The zero-order chi connectivity index (χ0) is 17.2. The number of ether oxygens (including phenoxy) is 3. The smallest absolute Gasteiger partial charge is 0.257 e. The number of benzene rings is 1. The van der Waals surface area contributed by atoms with E-state index in [9.17, 15) is 4.79 Å². The molecule has 1 aromatic carbocycles. The number of hydrogen-bond acceptors (Lipinski definition) is 5. The molecule has 2 rings (SSSR count). The molecule has 1 heterocycles. The molecule has 6 nitrogen and oxygen atoms in total. The maximum absolute atomic E-state index is 13.0. The molecule has 0 radical (unpaired) electrons. The van der Waals surface area contributed by atoms with Crippen molar-refractivity contribution < 1.29 is 19.0 Å². The van der Waals surface area contributed by atoms with E-state index in [0.717, 1.165) is 6.42 Å². The van der Waals surface area contributed by atoms with E-state index in [0.29, 0.717) is 35.9 Å². The molecule has 0 aliphatic carbocycles. The molecular formula is C17H26N2O4. The maximum Gasteiger partial charge on any atom is 0.257 e. The molecule has 6 heteroatoms. The second-order valence-electron chi connectivity index (χ2n) is 6.49. The SMILES string of the molecule is COc1ccc(C(=O)N2CCC(N)C(C)(C)C2)c(OC)c1OC. The third kappa shape index (κ3) is 3.22. The third-order valence-electron chi connectivity index (χ3n) is 4.53. The molecule has 23 heavy (non-hydrogen) atoms. The van der Waals surface area contributed by atoms with Crippen LogP contribution in [0.4, 0.5) is 0 Å².